The normalized spacial score (nSPS) is 12.3. The van der Waals surface area contributed by atoms with Crippen molar-refractivity contribution in [1.29, 1.82) is 0 Å². The minimum atomic E-state index is -0.909. The van der Waals surface area contributed by atoms with Crippen molar-refractivity contribution in [3.8, 4) is 5.75 Å². The predicted octanol–water partition coefficient (Wildman–Crippen LogP) is 0.960. The molecule has 15 heavy (non-hydrogen) atoms. The highest BCUT2D eigenvalue weighted by Crippen LogP contribution is 2.23. The van der Waals surface area contributed by atoms with E-state index in [9.17, 15) is 4.79 Å². The van der Waals surface area contributed by atoms with Crippen molar-refractivity contribution in [2.75, 3.05) is 13.7 Å². The molecule has 0 aromatic heterocycles. The number of rotatable bonds is 4. The fraction of sp³-hybridized carbons (Fsp3) is 0.300. The zero-order valence-electron chi connectivity index (χ0n) is 8.24. The average Bonchev–Trinajstić information content (AvgIpc) is 2.27. The van der Waals surface area contributed by atoms with Crippen LogP contribution in [0.5, 0.6) is 5.75 Å². The fourth-order valence-corrected chi connectivity index (χ4v) is 1.52. The summed E-state index contributed by atoms with van der Waals surface area (Å²) in [5, 5.41) is 8.80. The molecule has 0 heterocycles. The van der Waals surface area contributed by atoms with Crippen molar-refractivity contribution in [2.24, 2.45) is 5.73 Å². The van der Waals surface area contributed by atoms with E-state index >= 15 is 0 Å². The van der Waals surface area contributed by atoms with E-state index in [4.69, 9.17) is 15.6 Å². The van der Waals surface area contributed by atoms with E-state index in [1.165, 1.54) is 7.11 Å². The molecule has 0 bridgehead atoms. The van der Waals surface area contributed by atoms with Gasteiger partial charge in [0.15, 0.2) is 5.78 Å². The van der Waals surface area contributed by atoms with E-state index in [2.05, 4.69) is 15.9 Å². The summed E-state index contributed by atoms with van der Waals surface area (Å²) in [4.78, 5) is 11.7. The number of halogens is 1. The molecule has 0 aliphatic heterocycles. The Kier molecular flexibility index (Phi) is 4.26. The average molecular weight is 274 g/mol. The Morgan fingerprint density at radius 3 is 2.87 bits per heavy atom. The second-order valence-corrected chi connectivity index (χ2v) is 3.91. The number of nitrogens with two attached hydrogens (primary N) is 1. The minimum Gasteiger partial charge on any atom is -0.496 e. The van der Waals surface area contributed by atoms with Crippen LogP contribution in [-0.4, -0.2) is 30.6 Å². The largest absolute Gasteiger partial charge is 0.496 e. The second-order valence-electron chi connectivity index (χ2n) is 3.00. The zero-order chi connectivity index (χ0) is 11.4. The number of hydrogen-bond acceptors (Lipinski definition) is 4. The maximum absolute atomic E-state index is 11.7. The van der Waals surface area contributed by atoms with Crippen LogP contribution in [0, 0.1) is 0 Å². The number of methoxy groups -OCH3 is 1. The third kappa shape index (κ3) is 2.77. The summed E-state index contributed by atoms with van der Waals surface area (Å²) in [6.45, 7) is -0.380. The highest BCUT2D eigenvalue weighted by Gasteiger charge is 2.18. The molecule has 5 heteroatoms. The van der Waals surface area contributed by atoms with Gasteiger partial charge in [0, 0.05) is 4.47 Å². The molecule has 0 fully saturated rings. The number of Topliss-reactive ketones (excluding diaryl/α,β-unsaturated/α-hetero) is 1. The van der Waals surface area contributed by atoms with Crippen LogP contribution < -0.4 is 10.5 Å². The molecule has 1 aromatic rings. The fourth-order valence-electron chi connectivity index (χ4n) is 1.16. The first-order valence-corrected chi connectivity index (χ1v) is 5.13. The van der Waals surface area contributed by atoms with Crippen LogP contribution in [0.4, 0.5) is 0 Å². The van der Waals surface area contributed by atoms with Gasteiger partial charge in [-0.05, 0) is 18.2 Å². The van der Waals surface area contributed by atoms with Gasteiger partial charge in [-0.2, -0.15) is 0 Å². The number of carbonyl (C=O) groups excluding carboxylic acids is 1. The van der Waals surface area contributed by atoms with Gasteiger partial charge in [-0.3, -0.25) is 4.79 Å². The Morgan fingerprint density at radius 1 is 1.67 bits per heavy atom. The van der Waals surface area contributed by atoms with Crippen LogP contribution in [0.2, 0.25) is 0 Å². The lowest BCUT2D eigenvalue weighted by atomic mass is 10.0. The molecule has 0 saturated carbocycles. The maximum atomic E-state index is 11.7. The Labute approximate surface area is 96.2 Å². The van der Waals surface area contributed by atoms with E-state index in [-0.39, 0.29) is 12.4 Å². The van der Waals surface area contributed by atoms with Crippen LogP contribution in [-0.2, 0) is 0 Å². The Balaban J connectivity index is 3.11. The molecule has 1 atom stereocenters. The molecule has 0 aliphatic rings. The molecule has 0 radical (unpaired) electrons. The summed E-state index contributed by atoms with van der Waals surface area (Å²) in [7, 11) is 1.48. The standard InChI is InChI=1S/C10H12BrNO3/c1-15-9-3-2-6(11)4-7(9)10(14)8(12)5-13/h2-4,8,13H,5,12H2,1H3. The van der Waals surface area contributed by atoms with Crippen molar-refractivity contribution in [2.45, 2.75) is 6.04 Å². The van der Waals surface area contributed by atoms with Gasteiger partial charge in [-0.1, -0.05) is 15.9 Å². The Hall–Kier alpha value is -0.910. The van der Waals surface area contributed by atoms with Gasteiger partial charge in [0.05, 0.1) is 25.3 Å². The monoisotopic (exact) mass is 273 g/mol. The van der Waals surface area contributed by atoms with Crippen LogP contribution in [0.15, 0.2) is 22.7 Å². The maximum Gasteiger partial charge on any atom is 0.185 e. The van der Waals surface area contributed by atoms with Gasteiger partial charge in [-0.15, -0.1) is 0 Å². The Bertz CT molecular complexity index is 368. The lowest BCUT2D eigenvalue weighted by Crippen LogP contribution is -2.34. The minimum absolute atomic E-state index is 0.337. The molecular weight excluding hydrogens is 262 g/mol. The first kappa shape index (κ1) is 12.2. The summed E-state index contributed by atoms with van der Waals surface area (Å²) in [6.07, 6.45) is 0. The van der Waals surface area contributed by atoms with Gasteiger partial charge in [0.2, 0.25) is 0 Å². The predicted molar refractivity (Wildman–Crippen MR) is 60.1 cm³/mol. The summed E-state index contributed by atoms with van der Waals surface area (Å²) < 4.78 is 5.80. The molecule has 4 nitrogen and oxygen atoms in total. The lowest BCUT2D eigenvalue weighted by molar-refractivity contribution is 0.0922. The van der Waals surface area contributed by atoms with Gasteiger partial charge in [0.25, 0.3) is 0 Å². The molecule has 0 saturated heterocycles. The molecular formula is C10H12BrNO3. The number of benzene rings is 1. The van der Waals surface area contributed by atoms with Crippen molar-refractivity contribution in [3.63, 3.8) is 0 Å². The van der Waals surface area contributed by atoms with Crippen molar-refractivity contribution in [3.05, 3.63) is 28.2 Å². The van der Waals surface area contributed by atoms with Crippen molar-refractivity contribution >= 4 is 21.7 Å². The third-order valence-corrected chi connectivity index (χ3v) is 2.45. The molecule has 0 aliphatic carbocycles. The summed E-state index contributed by atoms with van der Waals surface area (Å²) >= 11 is 3.25. The lowest BCUT2D eigenvalue weighted by Gasteiger charge is -2.11. The number of aliphatic hydroxyl groups is 1. The highest BCUT2D eigenvalue weighted by molar-refractivity contribution is 9.10. The highest BCUT2D eigenvalue weighted by atomic mass is 79.9. The molecule has 0 spiro atoms. The first-order valence-electron chi connectivity index (χ1n) is 4.34. The molecule has 3 N–H and O–H groups in total. The molecule has 82 valence electrons. The van der Waals surface area contributed by atoms with Gasteiger partial charge >= 0.3 is 0 Å². The summed E-state index contributed by atoms with van der Waals surface area (Å²) in [6, 6.07) is 4.14. The van der Waals surface area contributed by atoms with E-state index < -0.39 is 6.04 Å². The van der Waals surface area contributed by atoms with E-state index in [0.717, 1.165) is 4.47 Å². The number of carbonyl (C=O) groups is 1. The number of ether oxygens (including phenoxy) is 1. The van der Waals surface area contributed by atoms with Gasteiger partial charge in [0.1, 0.15) is 5.75 Å². The van der Waals surface area contributed by atoms with Gasteiger partial charge in [-0.25, -0.2) is 0 Å². The van der Waals surface area contributed by atoms with E-state index in [1.807, 2.05) is 0 Å². The molecule has 1 unspecified atom stereocenters. The number of ketones is 1. The first-order chi connectivity index (χ1) is 7.10. The smallest absolute Gasteiger partial charge is 0.185 e. The topological polar surface area (TPSA) is 72.5 Å². The number of aliphatic hydroxyl groups excluding tert-OH is 1. The third-order valence-electron chi connectivity index (χ3n) is 1.96. The van der Waals surface area contributed by atoms with Gasteiger partial charge < -0.3 is 15.6 Å². The molecule has 1 rings (SSSR count). The van der Waals surface area contributed by atoms with E-state index in [1.54, 1.807) is 18.2 Å². The summed E-state index contributed by atoms with van der Waals surface area (Å²) in [5.41, 5.74) is 5.82. The quantitative estimate of drug-likeness (QED) is 0.802. The van der Waals surface area contributed by atoms with Crippen LogP contribution in [0.3, 0.4) is 0 Å². The van der Waals surface area contributed by atoms with E-state index in [0.29, 0.717) is 11.3 Å². The van der Waals surface area contributed by atoms with Crippen LogP contribution in [0.1, 0.15) is 10.4 Å². The SMILES string of the molecule is COc1ccc(Br)cc1C(=O)C(N)CO. The zero-order valence-corrected chi connectivity index (χ0v) is 9.82. The molecule has 0 amide bonds. The van der Waals surface area contributed by atoms with Crippen LogP contribution in [0.25, 0.3) is 0 Å². The number of hydrogen-bond donors (Lipinski definition) is 2. The van der Waals surface area contributed by atoms with Crippen molar-refractivity contribution in [1.82, 2.24) is 0 Å². The van der Waals surface area contributed by atoms with Crippen LogP contribution >= 0.6 is 15.9 Å². The Morgan fingerprint density at radius 2 is 2.33 bits per heavy atom. The van der Waals surface area contributed by atoms with Crippen molar-refractivity contribution < 1.29 is 14.6 Å². The second kappa shape index (κ2) is 5.25. The summed E-state index contributed by atoms with van der Waals surface area (Å²) in [5.74, 6) is 0.114. The molecule has 1 aromatic carbocycles.